The fourth-order valence-electron chi connectivity index (χ4n) is 3.33. The van der Waals surface area contributed by atoms with Gasteiger partial charge in [0, 0.05) is 51.5 Å². The number of benzene rings is 2. The maximum Gasteiger partial charge on any atom is 0.260 e. The number of aryl methyl sites for hydroxylation is 1. The third kappa shape index (κ3) is 5.50. The van der Waals surface area contributed by atoms with Crippen molar-refractivity contribution in [2.45, 2.75) is 13.3 Å². The van der Waals surface area contributed by atoms with Gasteiger partial charge in [-0.2, -0.15) is 0 Å². The Balaban J connectivity index is 1.53. The molecular weight excluding hydrogens is 366 g/mol. The highest BCUT2D eigenvalue weighted by Gasteiger charge is 2.23. The smallest absolute Gasteiger partial charge is 0.260 e. The van der Waals surface area contributed by atoms with Crippen molar-refractivity contribution in [2.24, 2.45) is 0 Å². The summed E-state index contributed by atoms with van der Waals surface area (Å²) in [6, 6.07) is 15.3. The van der Waals surface area contributed by atoms with Crippen molar-refractivity contribution in [3.63, 3.8) is 0 Å². The second kappa shape index (κ2) is 9.45. The molecule has 2 aromatic rings. The van der Waals surface area contributed by atoms with Gasteiger partial charge >= 0.3 is 0 Å². The first-order valence-electron chi connectivity index (χ1n) is 9.98. The summed E-state index contributed by atoms with van der Waals surface area (Å²) in [6.45, 7) is 4.37. The molecule has 0 aliphatic carbocycles. The molecule has 29 heavy (non-hydrogen) atoms. The van der Waals surface area contributed by atoms with Crippen molar-refractivity contribution >= 4 is 17.5 Å². The Kier molecular flexibility index (Phi) is 6.75. The second-order valence-electron chi connectivity index (χ2n) is 7.57. The molecule has 0 radical (unpaired) electrons. The zero-order valence-electron chi connectivity index (χ0n) is 17.4. The highest BCUT2D eigenvalue weighted by Crippen LogP contribution is 2.16. The average Bonchev–Trinajstić information content (AvgIpc) is 2.99. The summed E-state index contributed by atoms with van der Waals surface area (Å²) >= 11 is 0. The Morgan fingerprint density at radius 1 is 0.897 bits per heavy atom. The van der Waals surface area contributed by atoms with Crippen molar-refractivity contribution in [1.82, 2.24) is 9.80 Å². The predicted octanol–water partition coefficient (Wildman–Crippen LogP) is 2.81. The van der Waals surface area contributed by atoms with Gasteiger partial charge in [-0.3, -0.25) is 9.59 Å². The van der Waals surface area contributed by atoms with Crippen molar-refractivity contribution in [3.05, 3.63) is 59.7 Å². The molecule has 0 atom stereocenters. The van der Waals surface area contributed by atoms with E-state index >= 15 is 0 Å². The van der Waals surface area contributed by atoms with E-state index in [1.165, 1.54) is 0 Å². The van der Waals surface area contributed by atoms with Gasteiger partial charge in [0.1, 0.15) is 5.75 Å². The van der Waals surface area contributed by atoms with Crippen LogP contribution in [0.3, 0.4) is 0 Å². The molecule has 3 rings (SSSR count). The van der Waals surface area contributed by atoms with E-state index in [2.05, 4.69) is 0 Å². The first-order valence-corrected chi connectivity index (χ1v) is 9.98. The predicted molar refractivity (Wildman–Crippen MR) is 115 cm³/mol. The quantitative estimate of drug-likeness (QED) is 0.781. The van der Waals surface area contributed by atoms with Crippen LogP contribution >= 0.6 is 0 Å². The number of carbonyl (C=O) groups excluding carboxylic acids is 2. The lowest BCUT2D eigenvalue weighted by atomic mass is 10.1. The lowest BCUT2D eigenvalue weighted by molar-refractivity contribution is -0.133. The number of ether oxygens (including phenoxy) is 1. The Labute approximate surface area is 172 Å². The third-order valence-corrected chi connectivity index (χ3v) is 5.15. The molecule has 0 unspecified atom stereocenters. The lowest BCUT2D eigenvalue weighted by Gasteiger charge is -2.22. The number of anilines is 1. The van der Waals surface area contributed by atoms with E-state index < -0.39 is 0 Å². The monoisotopic (exact) mass is 395 g/mol. The number of rotatable bonds is 5. The van der Waals surface area contributed by atoms with Gasteiger partial charge in [-0.25, -0.2) is 0 Å². The summed E-state index contributed by atoms with van der Waals surface area (Å²) in [5, 5.41) is 0. The van der Waals surface area contributed by atoms with E-state index in [-0.39, 0.29) is 18.4 Å². The Morgan fingerprint density at radius 2 is 1.52 bits per heavy atom. The molecule has 2 amide bonds. The fraction of sp³-hybridized carbons (Fsp3) is 0.391. The van der Waals surface area contributed by atoms with Crippen molar-refractivity contribution in [2.75, 3.05) is 51.8 Å². The molecule has 2 aromatic carbocycles. The summed E-state index contributed by atoms with van der Waals surface area (Å²) in [4.78, 5) is 31.0. The van der Waals surface area contributed by atoms with Crippen LogP contribution in [-0.4, -0.2) is 68.5 Å². The Morgan fingerprint density at radius 3 is 2.17 bits per heavy atom. The van der Waals surface area contributed by atoms with E-state index in [0.29, 0.717) is 37.5 Å². The van der Waals surface area contributed by atoms with Crippen LogP contribution in [-0.2, 0) is 4.79 Å². The molecule has 6 heteroatoms. The van der Waals surface area contributed by atoms with Crippen LogP contribution < -0.4 is 9.64 Å². The van der Waals surface area contributed by atoms with Crippen LogP contribution in [0.2, 0.25) is 0 Å². The zero-order chi connectivity index (χ0) is 20.8. The standard InChI is InChI=1S/C23H29N3O3/c1-18-5-11-21(12-6-18)29-17-22(27)25-13-4-14-26(16-15-25)23(28)19-7-9-20(10-8-19)24(2)3/h5-12H,4,13-17H2,1-3H3. The molecular formula is C23H29N3O3. The van der Waals surface area contributed by atoms with Crippen LogP contribution in [0.5, 0.6) is 5.75 Å². The van der Waals surface area contributed by atoms with Gasteiger partial charge < -0.3 is 19.4 Å². The van der Waals surface area contributed by atoms with Gasteiger partial charge in [-0.1, -0.05) is 17.7 Å². The molecule has 0 spiro atoms. The summed E-state index contributed by atoms with van der Waals surface area (Å²) < 4.78 is 5.62. The van der Waals surface area contributed by atoms with E-state index in [4.69, 9.17) is 4.74 Å². The fourth-order valence-corrected chi connectivity index (χ4v) is 3.33. The van der Waals surface area contributed by atoms with Crippen LogP contribution in [0.25, 0.3) is 0 Å². The largest absolute Gasteiger partial charge is 0.484 e. The lowest BCUT2D eigenvalue weighted by Crippen LogP contribution is -2.39. The van der Waals surface area contributed by atoms with Crippen LogP contribution in [0, 0.1) is 6.92 Å². The SMILES string of the molecule is Cc1ccc(OCC(=O)N2CCCN(C(=O)c3ccc(N(C)C)cc3)CC2)cc1. The minimum absolute atomic E-state index is 0.0144. The maximum atomic E-state index is 12.8. The molecule has 1 aliphatic rings. The van der Waals surface area contributed by atoms with E-state index in [9.17, 15) is 9.59 Å². The van der Waals surface area contributed by atoms with Gasteiger partial charge in [0.25, 0.3) is 11.8 Å². The number of nitrogens with zero attached hydrogens (tertiary/aromatic N) is 3. The molecule has 6 nitrogen and oxygen atoms in total. The highest BCUT2D eigenvalue weighted by molar-refractivity contribution is 5.94. The van der Waals surface area contributed by atoms with Crippen molar-refractivity contribution < 1.29 is 14.3 Å². The molecule has 1 saturated heterocycles. The highest BCUT2D eigenvalue weighted by atomic mass is 16.5. The average molecular weight is 396 g/mol. The van der Waals surface area contributed by atoms with Gasteiger partial charge in [-0.15, -0.1) is 0 Å². The first-order chi connectivity index (χ1) is 13.9. The minimum Gasteiger partial charge on any atom is -0.484 e. The maximum absolute atomic E-state index is 12.8. The molecule has 0 saturated carbocycles. The molecule has 0 N–H and O–H groups in total. The summed E-state index contributed by atoms with van der Waals surface area (Å²) in [7, 11) is 3.94. The van der Waals surface area contributed by atoms with E-state index in [1.54, 1.807) is 4.90 Å². The Hall–Kier alpha value is -3.02. The van der Waals surface area contributed by atoms with Crippen molar-refractivity contribution in [3.8, 4) is 5.75 Å². The molecule has 1 fully saturated rings. The first kappa shape index (κ1) is 20.7. The van der Waals surface area contributed by atoms with Crippen LogP contribution in [0.1, 0.15) is 22.3 Å². The number of carbonyl (C=O) groups is 2. The normalized spacial score (nSPS) is 14.3. The topological polar surface area (TPSA) is 53.1 Å². The van der Waals surface area contributed by atoms with Crippen LogP contribution in [0.15, 0.2) is 48.5 Å². The number of hydrogen-bond acceptors (Lipinski definition) is 4. The van der Waals surface area contributed by atoms with Gasteiger partial charge in [0.2, 0.25) is 0 Å². The summed E-state index contributed by atoms with van der Waals surface area (Å²) in [6.07, 6.45) is 0.762. The van der Waals surface area contributed by atoms with Gasteiger partial charge in [0.15, 0.2) is 6.61 Å². The molecule has 0 bridgehead atoms. The third-order valence-electron chi connectivity index (χ3n) is 5.15. The van der Waals surface area contributed by atoms with Crippen molar-refractivity contribution in [1.29, 1.82) is 0 Å². The molecule has 154 valence electrons. The Bertz CT molecular complexity index is 831. The zero-order valence-corrected chi connectivity index (χ0v) is 17.4. The molecule has 1 aliphatic heterocycles. The van der Waals surface area contributed by atoms with Gasteiger partial charge in [0.05, 0.1) is 0 Å². The minimum atomic E-state index is -0.0461. The molecule has 1 heterocycles. The number of hydrogen-bond donors (Lipinski definition) is 0. The molecule has 0 aromatic heterocycles. The van der Waals surface area contributed by atoms with E-state index in [1.807, 2.05) is 79.3 Å². The number of amides is 2. The summed E-state index contributed by atoms with van der Waals surface area (Å²) in [5.41, 5.74) is 2.89. The van der Waals surface area contributed by atoms with Crippen LogP contribution in [0.4, 0.5) is 5.69 Å². The van der Waals surface area contributed by atoms with E-state index in [0.717, 1.165) is 17.7 Å². The van der Waals surface area contributed by atoms with Gasteiger partial charge in [-0.05, 0) is 49.7 Å². The second-order valence-corrected chi connectivity index (χ2v) is 7.57. The summed E-state index contributed by atoms with van der Waals surface area (Å²) in [5.74, 6) is 0.660.